The first kappa shape index (κ1) is 33.9. The molecule has 2 saturated carbocycles. The SMILES string of the molecule is C1CC(C2CCC2)C1.COc1ccc(S(=O)(=O)N(CC(=O)O)c2ccc(N(CC(=O)O)Sc3ccc(O)cc3)c3ccccc23)cc1. The highest BCUT2D eigenvalue weighted by molar-refractivity contribution is 8.00. The summed E-state index contributed by atoms with van der Waals surface area (Å²) in [6.45, 7) is -1.23. The first-order valence-corrected chi connectivity index (χ1v) is 17.6. The smallest absolute Gasteiger partial charge is 0.324 e. The van der Waals surface area contributed by atoms with Gasteiger partial charge in [0.1, 0.15) is 24.6 Å². The van der Waals surface area contributed by atoms with Crippen molar-refractivity contribution >= 4 is 56.1 Å². The van der Waals surface area contributed by atoms with Crippen LogP contribution in [-0.4, -0.2) is 55.9 Å². The lowest BCUT2D eigenvalue weighted by molar-refractivity contribution is -0.136. The van der Waals surface area contributed by atoms with E-state index < -0.39 is 35.1 Å². The maximum atomic E-state index is 13.7. The number of fused-ring (bicyclic) bond motifs is 1. The van der Waals surface area contributed by atoms with E-state index in [1.165, 1.54) is 78.6 Å². The maximum Gasteiger partial charge on any atom is 0.324 e. The molecule has 0 amide bonds. The van der Waals surface area contributed by atoms with Gasteiger partial charge in [0, 0.05) is 15.7 Å². The zero-order valence-electron chi connectivity index (χ0n) is 26.0. The van der Waals surface area contributed by atoms with Gasteiger partial charge in [-0.3, -0.25) is 13.9 Å². The van der Waals surface area contributed by atoms with E-state index in [9.17, 15) is 33.3 Å². The van der Waals surface area contributed by atoms with Crippen molar-refractivity contribution in [3.63, 3.8) is 0 Å². The Hall–Kier alpha value is -4.42. The van der Waals surface area contributed by atoms with Crippen LogP contribution in [-0.2, 0) is 19.6 Å². The van der Waals surface area contributed by atoms with Gasteiger partial charge in [0.25, 0.3) is 10.0 Å². The van der Waals surface area contributed by atoms with E-state index in [4.69, 9.17) is 4.74 Å². The number of carbonyl (C=O) groups is 2. The second-order valence-corrected chi connectivity index (χ2v) is 14.6. The van der Waals surface area contributed by atoms with Gasteiger partial charge < -0.3 is 24.4 Å². The molecule has 0 saturated heterocycles. The van der Waals surface area contributed by atoms with Crippen LogP contribution in [0.4, 0.5) is 11.4 Å². The van der Waals surface area contributed by atoms with Crippen molar-refractivity contribution in [2.45, 2.75) is 48.3 Å². The Kier molecular flexibility index (Phi) is 10.8. The third-order valence-corrected chi connectivity index (χ3v) is 11.4. The molecular formula is C35H38N2O8S2. The summed E-state index contributed by atoms with van der Waals surface area (Å²) in [6, 6.07) is 21.6. The molecule has 0 aliphatic heterocycles. The molecule has 3 N–H and O–H groups in total. The summed E-state index contributed by atoms with van der Waals surface area (Å²) in [5, 5.41) is 29.7. The highest BCUT2D eigenvalue weighted by atomic mass is 32.2. The number of benzene rings is 4. The molecular weight excluding hydrogens is 641 g/mol. The predicted molar refractivity (Wildman–Crippen MR) is 183 cm³/mol. The third kappa shape index (κ3) is 8.12. The minimum Gasteiger partial charge on any atom is -0.508 e. The summed E-state index contributed by atoms with van der Waals surface area (Å²) in [5.74, 6) is 0.431. The lowest BCUT2D eigenvalue weighted by atomic mass is 9.67. The molecule has 10 nitrogen and oxygen atoms in total. The van der Waals surface area contributed by atoms with Gasteiger partial charge in [0.2, 0.25) is 0 Å². The Balaban J connectivity index is 0.000000466. The Morgan fingerprint density at radius 3 is 1.79 bits per heavy atom. The number of rotatable bonds is 12. The highest BCUT2D eigenvalue weighted by Crippen LogP contribution is 2.43. The summed E-state index contributed by atoms with van der Waals surface area (Å²) < 4.78 is 34.8. The number of phenolic OH excluding ortho intramolecular Hbond substituents is 1. The lowest BCUT2D eigenvalue weighted by Crippen LogP contribution is -2.36. The Bertz CT molecular complexity index is 1790. The van der Waals surface area contributed by atoms with Crippen molar-refractivity contribution in [3.05, 3.63) is 84.9 Å². The summed E-state index contributed by atoms with van der Waals surface area (Å²) in [4.78, 5) is 24.1. The van der Waals surface area contributed by atoms with E-state index in [1.807, 2.05) is 0 Å². The monoisotopic (exact) mass is 678 g/mol. The van der Waals surface area contributed by atoms with Gasteiger partial charge in [-0.1, -0.05) is 62.8 Å². The molecule has 0 aromatic heterocycles. The van der Waals surface area contributed by atoms with Crippen LogP contribution in [0.1, 0.15) is 38.5 Å². The molecule has 0 spiro atoms. The fourth-order valence-electron chi connectivity index (χ4n) is 5.75. The number of sulfonamides is 1. The van der Waals surface area contributed by atoms with Crippen LogP contribution in [0.5, 0.6) is 11.5 Å². The summed E-state index contributed by atoms with van der Waals surface area (Å²) in [5.41, 5.74) is 0.601. The predicted octanol–water partition coefficient (Wildman–Crippen LogP) is 7.02. The summed E-state index contributed by atoms with van der Waals surface area (Å²) in [7, 11) is -2.86. The molecule has 248 valence electrons. The van der Waals surface area contributed by atoms with Gasteiger partial charge in [0.05, 0.1) is 23.4 Å². The molecule has 4 aromatic carbocycles. The summed E-state index contributed by atoms with van der Waals surface area (Å²) in [6.07, 6.45) is 9.30. The van der Waals surface area contributed by atoms with Crippen LogP contribution in [0.2, 0.25) is 0 Å². The van der Waals surface area contributed by atoms with Crippen LogP contribution in [0.15, 0.2) is 94.7 Å². The molecule has 0 radical (unpaired) electrons. The van der Waals surface area contributed by atoms with E-state index in [1.54, 1.807) is 68.1 Å². The van der Waals surface area contributed by atoms with Gasteiger partial charge in [-0.2, -0.15) is 0 Å². The molecule has 2 fully saturated rings. The van der Waals surface area contributed by atoms with Gasteiger partial charge in [-0.15, -0.1) is 0 Å². The van der Waals surface area contributed by atoms with E-state index in [-0.39, 0.29) is 16.3 Å². The Labute approximate surface area is 278 Å². The number of aromatic hydroxyl groups is 1. The zero-order chi connectivity index (χ0) is 33.6. The van der Waals surface area contributed by atoms with Crippen LogP contribution in [0.25, 0.3) is 10.8 Å². The topological polar surface area (TPSA) is 145 Å². The lowest BCUT2D eigenvalue weighted by Gasteiger charge is -2.39. The molecule has 47 heavy (non-hydrogen) atoms. The van der Waals surface area contributed by atoms with E-state index in [2.05, 4.69) is 0 Å². The van der Waals surface area contributed by atoms with Gasteiger partial charge >= 0.3 is 11.9 Å². The second-order valence-electron chi connectivity index (χ2n) is 11.6. The standard InChI is InChI=1S/C27H24N2O8S2.C8H14/c1-37-19-8-12-21(13-9-19)39(35,36)29(17-27(33)34)25-15-14-24(22-4-2-3-5-23(22)25)28(16-26(31)32)38-20-10-6-18(30)7-11-20;1-3-7(4-1)8-5-2-6-8/h2-15,30H,16-17H2,1H3,(H,31,32)(H,33,34);7-8H,1-6H2. The minimum absolute atomic E-state index is 0.0653. The van der Waals surface area contributed by atoms with Crippen molar-refractivity contribution in [3.8, 4) is 11.5 Å². The normalized spacial score (nSPS) is 14.7. The average molecular weight is 679 g/mol. The molecule has 0 heterocycles. The summed E-state index contributed by atoms with van der Waals surface area (Å²) >= 11 is 1.13. The number of phenols is 1. The van der Waals surface area contributed by atoms with Crippen LogP contribution >= 0.6 is 11.9 Å². The molecule has 12 heteroatoms. The fourth-order valence-corrected chi connectivity index (χ4v) is 8.12. The van der Waals surface area contributed by atoms with Gasteiger partial charge in [0.15, 0.2) is 0 Å². The molecule has 0 unspecified atom stereocenters. The maximum absolute atomic E-state index is 13.7. The molecule has 2 aliphatic carbocycles. The molecule has 6 rings (SSSR count). The van der Waals surface area contributed by atoms with E-state index in [0.29, 0.717) is 27.1 Å². The number of nitrogens with zero attached hydrogens (tertiary/aromatic N) is 2. The van der Waals surface area contributed by atoms with Crippen LogP contribution in [0.3, 0.4) is 0 Å². The highest BCUT2D eigenvalue weighted by Gasteiger charge is 2.31. The Morgan fingerprint density at radius 2 is 1.30 bits per heavy atom. The number of aliphatic carboxylic acids is 2. The first-order chi connectivity index (χ1) is 22.6. The number of ether oxygens (including phenoxy) is 1. The third-order valence-electron chi connectivity index (χ3n) is 8.64. The van der Waals surface area contributed by atoms with Crippen molar-refractivity contribution in [2.75, 3.05) is 28.8 Å². The number of carboxylic acids is 2. The average Bonchev–Trinajstić information content (AvgIpc) is 3.01. The first-order valence-electron chi connectivity index (χ1n) is 15.4. The molecule has 2 aliphatic rings. The molecule has 0 atom stereocenters. The largest absolute Gasteiger partial charge is 0.508 e. The van der Waals surface area contributed by atoms with E-state index in [0.717, 1.165) is 16.3 Å². The number of hydrogen-bond donors (Lipinski definition) is 3. The van der Waals surface area contributed by atoms with Gasteiger partial charge in [-0.05, 0) is 84.4 Å². The quantitative estimate of drug-likeness (QED) is 0.134. The minimum atomic E-state index is -4.31. The van der Waals surface area contributed by atoms with Gasteiger partial charge in [-0.25, -0.2) is 8.42 Å². The number of hydrogen-bond acceptors (Lipinski definition) is 8. The Morgan fingerprint density at radius 1 is 0.766 bits per heavy atom. The fraction of sp³-hybridized carbons (Fsp3) is 0.314. The number of anilines is 2. The molecule has 4 aromatic rings. The van der Waals surface area contributed by atoms with E-state index >= 15 is 0 Å². The zero-order valence-corrected chi connectivity index (χ0v) is 27.6. The second kappa shape index (κ2) is 15.0. The van der Waals surface area contributed by atoms with Crippen molar-refractivity contribution in [1.29, 1.82) is 0 Å². The number of methoxy groups -OCH3 is 1. The number of carboxylic acid groups (broad SMARTS) is 2. The molecule has 0 bridgehead atoms. The van der Waals surface area contributed by atoms with Crippen molar-refractivity contribution < 1.29 is 38.1 Å². The van der Waals surface area contributed by atoms with Crippen molar-refractivity contribution in [2.24, 2.45) is 11.8 Å². The van der Waals surface area contributed by atoms with Crippen LogP contribution in [0, 0.1) is 11.8 Å². The van der Waals surface area contributed by atoms with Crippen molar-refractivity contribution in [1.82, 2.24) is 0 Å². The van der Waals surface area contributed by atoms with Crippen LogP contribution < -0.4 is 13.3 Å².